The van der Waals surface area contributed by atoms with E-state index in [1.807, 2.05) is 25.1 Å². The van der Waals surface area contributed by atoms with Gasteiger partial charge in [0.15, 0.2) is 27.3 Å². The van der Waals surface area contributed by atoms with Gasteiger partial charge in [0.2, 0.25) is 6.79 Å². The third-order valence-electron chi connectivity index (χ3n) is 4.32. The number of hydrogen-bond acceptors (Lipinski definition) is 5. The van der Waals surface area contributed by atoms with E-state index in [0.717, 1.165) is 42.5 Å². The van der Waals surface area contributed by atoms with E-state index in [1.165, 1.54) is 0 Å². The van der Waals surface area contributed by atoms with Crippen LogP contribution in [0.1, 0.15) is 18.9 Å². The van der Waals surface area contributed by atoms with Crippen LogP contribution >= 0.6 is 0 Å². The van der Waals surface area contributed by atoms with Gasteiger partial charge in [0, 0.05) is 19.6 Å². The fourth-order valence-electron chi connectivity index (χ4n) is 3.00. The summed E-state index contributed by atoms with van der Waals surface area (Å²) < 4.78 is 33.7. The Labute approximate surface area is 148 Å². The molecule has 0 spiro atoms. The molecule has 0 amide bonds. The van der Waals surface area contributed by atoms with Gasteiger partial charge in [-0.1, -0.05) is 6.07 Å². The summed E-state index contributed by atoms with van der Waals surface area (Å²) in [5.41, 5.74) is 1.16. The maximum Gasteiger partial charge on any atom is 0.231 e. The van der Waals surface area contributed by atoms with Gasteiger partial charge in [-0.25, -0.2) is 8.42 Å². The van der Waals surface area contributed by atoms with Crippen LogP contribution in [0.2, 0.25) is 0 Å². The van der Waals surface area contributed by atoms with E-state index in [1.54, 1.807) is 0 Å². The molecule has 25 heavy (non-hydrogen) atoms. The number of sulfone groups is 1. The second-order valence-corrected chi connectivity index (χ2v) is 8.58. The fraction of sp³-hybridized carbons (Fsp3) is 0.588. The van der Waals surface area contributed by atoms with Crippen molar-refractivity contribution < 1.29 is 17.9 Å². The number of hydrogen-bond donors (Lipinski definition) is 2. The number of rotatable bonds is 6. The maximum atomic E-state index is 11.5. The van der Waals surface area contributed by atoms with Crippen LogP contribution in [0.15, 0.2) is 23.2 Å². The molecule has 138 valence electrons. The zero-order valence-corrected chi connectivity index (χ0v) is 15.3. The standard InChI is InChI=1S/C17H25N3O4S/c1-2-18-17(20-10-14-6-8-25(21,22)11-14)19-7-5-13-3-4-15-16(9-13)24-12-23-15/h3-4,9,14H,2,5-8,10-12H2,1H3,(H2,18,19,20). The molecule has 3 rings (SSSR count). The van der Waals surface area contributed by atoms with Crippen LogP contribution in [-0.4, -0.2) is 52.3 Å². The Hall–Kier alpha value is -1.96. The Morgan fingerprint density at radius 1 is 1.28 bits per heavy atom. The van der Waals surface area contributed by atoms with Gasteiger partial charge in [-0.05, 0) is 43.4 Å². The lowest BCUT2D eigenvalue weighted by atomic mass is 10.1. The minimum Gasteiger partial charge on any atom is -0.454 e. The maximum absolute atomic E-state index is 11.5. The molecule has 1 atom stereocenters. The van der Waals surface area contributed by atoms with Gasteiger partial charge in [0.25, 0.3) is 0 Å². The molecule has 1 unspecified atom stereocenters. The van der Waals surface area contributed by atoms with E-state index in [-0.39, 0.29) is 18.5 Å². The Morgan fingerprint density at radius 2 is 2.12 bits per heavy atom. The molecular weight excluding hydrogens is 342 g/mol. The van der Waals surface area contributed by atoms with Gasteiger partial charge in [0.1, 0.15) is 0 Å². The number of nitrogens with zero attached hydrogens (tertiary/aromatic N) is 1. The Balaban J connectivity index is 1.49. The van der Waals surface area contributed by atoms with Crippen LogP contribution in [0, 0.1) is 5.92 Å². The van der Waals surface area contributed by atoms with Gasteiger partial charge in [-0.2, -0.15) is 0 Å². The van der Waals surface area contributed by atoms with Gasteiger partial charge in [-0.3, -0.25) is 4.99 Å². The number of nitrogens with one attached hydrogen (secondary N) is 2. The second kappa shape index (κ2) is 7.95. The van der Waals surface area contributed by atoms with Crippen molar-refractivity contribution in [3.8, 4) is 11.5 Å². The summed E-state index contributed by atoms with van der Waals surface area (Å²) >= 11 is 0. The van der Waals surface area contributed by atoms with Crippen molar-refractivity contribution in [3.63, 3.8) is 0 Å². The lowest BCUT2D eigenvalue weighted by Gasteiger charge is -2.12. The SMILES string of the molecule is CCNC(=NCC1CCS(=O)(=O)C1)NCCc1ccc2c(c1)OCO2. The van der Waals surface area contributed by atoms with Gasteiger partial charge >= 0.3 is 0 Å². The van der Waals surface area contributed by atoms with Crippen LogP contribution in [0.25, 0.3) is 0 Å². The van der Waals surface area contributed by atoms with Crippen molar-refractivity contribution in [3.05, 3.63) is 23.8 Å². The number of aliphatic imine (C=N–C) groups is 1. The molecule has 1 aromatic carbocycles. The van der Waals surface area contributed by atoms with Crippen LogP contribution in [-0.2, 0) is 16.3 Å². The third kappa shape index (κ3) is 5.01. The van der Waals surface area contributed by atoms with Crippen molar-refractivity contribution in [1.82, 2.24) is 10.6 Å². The van der Waals surface area contributed by atoms with Crippen molar-refractivity contribution in [2.45, 2.75) is 19.8 Å². The predicted molar refractivity (Wildman–Crippen MR) is 97.0 cm³/mol. The van der Waals surface area contributed by atoms with Gasteiger partial charge in [-0.15, -0.1) is 0 Å². The van der Waals surface area contributed by atoms with E-state index >= 15 is 0 Å². The lowest BCUT2D eigenvalue weighted by Crippen LogP contribution is -2.38. The molecule has 0 bridgehead atoms. The molecule has 0 aliphatic carbocycles. The summed E-state index contributed by atoms with van der Waals surface area (Å²) in [7, 11) is -2.85. The monoisotopic (exact) mass is 367 g/mol. The molecule has 1 fully saturated rings. The quantitative estimate of drug-likeness (QED) is 0.575. The Morgan fingerprint density at radius 3 is 2.88 bits per heavy atom. The van der Waals surface area contributed by atoms with Gasteiger partial charge in [0.05, 0.1) is 11.5 Å². The molecule has 8 heteroatoms. The van der Waals surface area contributed by atoms with E-state index in [0.29, 0.717) is 18.7 Å². The van der Waals surface area contributed by atoms with Crippen LogP contribution in [0.3, 0.4) is 0 Å². The van der Waals surface area contributed by atoms with Crippen LogP contribution < -0.4 is 20.1 Å². The fourth-order valence-corrected chi connectivity index (χ4v) is 4.85. The summed E-state index contributed by atoms with van der Waals surface area (Å²) in [6.07, 6.45) is 1.54. The first kappa shape index (κ1) is 17.8. The Bertz CT molecular complexity index is 733. The number of fused-ring (bicyclic) bond motifs is 1. The molecule has 0 aromatic heterocycles. The third-order valence-corrected chi connectivity index (χ3v) is 6.16. The number of ether oxygens (including phenoxy) is 2. The molecule has 2 aliphatic rings. The molecule has 0 saturated carbocycles. The van der Waals surface area contributed by atoms with E-state index in [2.05, 4.69) is 15.6 Å². The highest BCUT2D eigenvalue weighted by Gasteiger charge is 2.27. The highest BCUT2D eigenvalue weighted by molar-refractivity contribution is 7.91. The van der Waals surface area contributed by atoms with Crippen molar-refractivity contribution in [1.29, 1.82) is 0 Å². The molecule has 0 radical (unpaired) electrons. The highest BCUT2D eigenvalue weighted by Crippen LogP contribution is 2.32. The van der Waals surface area contributed by atoms with E-state index in [9.17, 15) is 8.42 Å². The first-order chi connectivity index (χ1) is 12.1. The minimum absolute atomic E-state index is 0.134. The lowest BCUT2D eigenvalue weighted by molar-refractivity contribution is 0.174. The van der Waals surface area contributed by atoms with Crippen molar-refractivity contribution in [2.75, 3.05) is 37.9 Å². The van der Waals surface area contributed by atoms with E-state index < -0.39 is 9.84 Å². The van der Waals surface area contributed by atoms with Crippen molar-refractivity contribution >= 4 is 15.8 Å². The molecule has 7 nitrogen and oxygen atoms in total. The highest BCUT2D eigenvalue weighted by atomic mass is 32.2. The van der Waals surface area contributed by atoms with Gasteiger partial charge < -0.3 is 20.1 Å². The van der Waals surface area contributed by atoms with Crippen LogP contribution in [0.4, 0.5) is 0 Å². The number of benzene rings is 1. The average Bonchev–Trinajstić information content (AvgIpc) is 3.18. The second-order valence-electron chi connectivity index (χ2n) is 6.35. The molecule has 2 heterocycles. The first-order valence-corrected chi connectivity index (χ1v) is 10.5. The molecule has 2 aliphatic heterocycles. The summed E-state index contributed by atoms with van der Waals surface area (Å²) in [6.45, 7) is 4.33. The normalized spacial score (nSPS) is 21.3. The molecule has 2 N–H and O–H groups in total. The largest absolute Gasteiger partial charge is 0.454 e. The summed E-state index contributed by atoms with van der Waals surface area (Å²) in [5, 5.41) is 6.50. The summed E-state index contributed by atoms with van der Waals surface area (Å²) in [4.78, 5) is 4.54. The molecule has 1 aromatic rings. The number of guanidine groups is 1. The van der Waals surface area contributed by atoms with Crippen molar-refractivity contribution in [2.24, 2.45) is 10.9 Å². The zero-order valence-electron chi connectivity index (χ0n) is 14.5. The predicted octanol–water partition coefficient (Wildman–Crippen LogP) is 0.948. The minimum atomic E-state index is -2.85. The average molecular weight is 367 g/mol. The topological polar surface area (TPSA) is 89.0 Å². The van der Waals surface area contributed by atoms with E-state index in [4.69, 9.17) is 9.47 Å². The summed E-state index contributed by atoms with van der Waals surface area (Å²) in [5.74, 6) is 2.99. The summed E-state index contributed by atoms with van der Waals surface area (Å²) in [6, 6.07) is 5.96. The molecule has 1 saturated heterocycles. The zero-order chi connectivity index (χ0) is 17.7. The first-order valence-electron chi connectivity index (χ1n) is 8.67. The Kier molecular flexibility index (Phi) is 5.67. The smallest absolute Gasteiger partial charge is 0.231 e. The van der Waals surface area contributed by atoms with Crippen LogP contribution in [0.5, 0.6) is 11.5 Å². The molecular formula is C17H25N3O4S.